The monoisotopic (exact) mass is 236 g/mol. The van der Waals surface area contributed by atoms with Gasteiger partial charge in [-0.25, -0.2) is 0 Å². The summed E-state index contributed by atoms with van der Waals surface area (Å²) in [5.41, 5.74) is 0. The molecule has 0 fully saturated rings. The summed E-state index contributed by atoms with van der Waals surface area (Å²) in [5.74, 6) is 0. The van der Waals surface area contributed by atoms with Crippen LogP contribution in [0.1, 0.15) is 52.4 Å². The molecule has 0 aliphatic carbocycles. The Morgan fingerprint density at radius 1 is 0.857 bits per heavy atom. The molecule has 0 radical (unpaired) electrons. The van der Waals surface area contributed by atoms with E-state index in [0.29, 0.717) is 0 Å². The third kappa shape index (κ3) is 8.90. The lowest BCUT2D eigenvalue weighted by Gasteiger charge is -2.05. The van der Waals surface area contributed by atoms with E-state index < -0.39 is 0 Å². The fourth-order valence-corrected chi connectivity index (χ4v) is 1.84. The van der Waals surface area contributed by atoms with E-state index in [4.69, 9.17) is 23.2 Å². The van der Waals surface area contributed by atoms with Gasteiger partial charge in [-0.2, -0.15) is 0 Å². The Kier molecular flexibility index (Phi) is 10.1. The molecule has 2 heteroatoms. The minimum absolute atomic E-state index is 0.160. The van der Waals surface area contributed by atoms with Crippen LogP contribution in [0.15, 0.2) is 12.2 Å². The van der Waals surface area contributed by atoms with Crippen LogP contribution in [0.2, 0.25) is 0 Å². The van der Waals surface area contributed by atoms with Gasteiger partial charge in [0.25, 0.3) is 0 Å². The lowest BCUT2D eigenvalue weighted by molar-refractivity contribution is 0.676. The first kappa shape index (κ1) is 14.3. The van der Waals surface area contributed by atoms with E-state index in [9.17, 15) is 0 Å². The highest BCUT2D eigenvalue weighted by Crippen LogP contribution is 2.13. The highest BCUT2D eigenvalue weighted by molar-refractivity contribution is 6.23. The standard InChI is InChI=1S/C12H22Cl2/c1-3-5-6-8-12(14)10-9-11(13)7-4-2/h9-12H,3-8H2,1-2H3. The molecule has 0 aromatic carbocycles. The van der Waals surface area contributed by atoms with Crippen molar-refractivity contribution >= 4 is 23.2 Å². The van der Waals surface area contributed by atoms with Crippen LogP contribution in [0.5, 0.6) is 0 Å². The van der Waals surface area contributed by atoms with Gasteiger partial charge in [0, 0.05) is 0 Å². The van der Waals surface area contributed by atoms with E-state index in [1.807, 2.05) is 12.2 Å². The van der Waals surface area contributed by atoms with E-state index >= 15 is 0 Å². The summed E-state index contributed by atoms with van der Waals surface area (Å²) >= 11 is 12.2. The molecule has 84 valence electrons. The molecule has 0 aliphatic heterocycles. The average Bonchev–Trinajstić information content (AvgIpc) is 2.16. The van der Waals surface area contributed by atoms with Gasteiger partial charge in [0.1, 0.15) is 0 Å². The predicted octanol–water partition coefficient (Wildman–Crippen LogP) is 5.14. The topological polar surface area (TPSA) is 0 Å². The van der Waals surface area contributed by atoms with Crippen molar-refractivity contribution in [2.75, 3.05) is 0 Å². The van der Waals surface area contributed by atoms with Crippen molar-refractivity contribution in [3.8, 4) is 0 Å². The number of unbranched alkanes of at least 4 members (excludes halogenated alkanes) is 2. The Morgan fingerprint density at radius 2 is 1.43 bits per heavy atom. The molecule has 0 nitrogen and oxygen atoms in total. The molecule has 0 spiro atoms. The molecule has 0 N–H and O–H groups in total. The molecule has 14 heavy (non-hydrogen) atoms. The van der Waals surface area contributed by atoms with Gasteiger partial charge in [-0.05, 0) is 12.8 Å². The Balaban J connectivity index is 3.53. The third-order valence-corrected chi connectivity index (χ3v) is 2.90. The molecule has 0 heterocycles. The maximum Gasteiger partial charge on any atom is 0.0516 e. The fraction of sp³-hybridized carbons (Fsp3) is 0.833. The Labute approximate surface area is 98.7 Å². The fourth-order valence-electron chi connectivity index (χ4n) is 1.30. The zero-order valence-electron chi connectivity index (χ0n) is 9.31. The molecule has 0 aromatic heterocycles. The molecular formula is C12H22Cl2. The second kappa shape index (κ2) is 9.86. The summed E-state index contributed by atoms with van der Waals surface area (Å²) in [7, 11) is 0. The molecule has 0 rings (SSSR count). The summed E-state index contributed by atoms with van der Waals surface area (Å²) in [4.78, 5) is 0. The van der Waals surface area contributed by atoms with Gasteiger partial charge >= 0.3 is 0 Å². The largest absolute Gasteiger partial charge is 0.118 e. The SMILES string of the molecule is CCCCCC(Cl)C=CC(Cl)CCC. The van der Waals surface area contributed by atoms with Crippen molar-refractivity contribution in [2.45, 2.75) is 63.1 Å². The van der Waals surface area contributed by atoms with Crippen LogP contribution >= 0.6 is 23.2 Å². The maximum absolute atomic E-state index is 6.12. The second-order valence-corrected chi connectivity index (χ2v) is 4.82. The van der Waals surface area contributed by atoms with Crippen molar-refractivity contribution in [3.63, 3.8) is 0 Å². The van der Waals surface area contributed by atoms with Gasteiger partial charge in [0.15, 0.2) is 0 Å². The summed E-state index contributed by atoms with van der Waals surface area (Å²) in [5, 5.41) is 0.326. The van der Waals surface area contributed by atoms with E-state index in [-0.39, 0.29) is 10.8 Å². The highest BCUT2D eigenvalue weighted by Gasteiger charge is 2.01. The molecule has 0 saturated carbocycles. The number of halogens is 2. The van der Waals surface area contributed by atoms with Gasteiger partial charge in [-0.3, -0.25) is 0 Å². The van der Waals surface area contributed by atoms with Crippen LogP contribution in [-0.4, -0.2) is 10.8 Å². The van der Waals surface area contributed by atoms with E-state index in [0.717, 1.165) is 19.3 Å². The Bertz CT molecular complexity index is 143. The average molecular weight is 237 g/mol. The summed E-state index contributed by atoms with van der Waals surface area (Å²) < 4.78 is 0. The normalized spacial score (nSPS) is 16.0. The molecule has 0 bridgehead atoms. The van der Waals surface area contributed by atoms with Gasteiger partial charge in [-0.15, -0.1) is 23.2 Å². The van der Waals surface area contributed by atoms with Crippen LogP contribution in [0.3, 0.4) is 0 Å². The lowest BCUT2D eigenvalue weighted by Crippen LogP contribution is -1.97. The van der Waals surface area contributed by atoms with Gasteiger partial charge in [-0.1, -0.05) is 51.7 Å². The van der Waals surface area contributed by atoms with Gasteiger partial charge in [0.2, 0.25) is 0 Å². The van der Waals surface area contributed by atoms with E-state index in [1.165, 1.54) is 19.3 Å². The first-order chi connectivity index (χ1) is 6.70. The number of hydrogen-bond donors (Lipinski definition) is 0. The van der Waals surface area contributed by atoms with Gasteiger partial charge < -0.3 is 0 Å². The second-order valence-electron chi connectivity index (χ2n) is 3.70. The van der Waals surface area contributed by atoms with Crippen molar-refractivity contribution in [2.24, 2.45) is 0 Å². The molecule has 0 aromatic rings. The Morgan fingerprint density at radius 3 is 1.93 bits per heavy atom. The van der Waals surface area contributed by atoms with Crippen molar-refractivity contribution in [1.82, 2.24) is 0 Å². The highest BCUT2D eigenvalue weighted by atomic mass is 35.5. The smallest absolute Gasteiger partial charge is 0.0516 e. The zero-order chi connectivity index (χ0) is 10.8. The molecule has 0 aliphatic rings. The summed E-state index contributed by atoms with van der Waals surface area (Å²) in [6.45, 7) is 4.35. The molecular weight excluding hydrogens is 215 g/mol. The maximum atomic E-state index is 6.12. The first-order valence-electron chi connectivity index (χ1n) is 5.67. The van der Waals surface area contributed by atoms with Crippen molar-refractivity contribution in [3.05, 3.63) is 12.2 Å². The molecule has 0 saturated heterocycles. The molecule has 2 unspecified atom stereocenters. The summed E-state index contributed by atoms with van der Waals surface area (Å²) in [6.07, 6.45) is 11.1. The number of hydrogen-bond acceptors (Lipinski definition) is 0. The minimum atomic E-state index is 0.160. The lowest BCUT2D eigenvalue weighted by atomic mass is 10.1. The van der Waals surface area contributed by atoms with E-state index in [2.05, 4.69) is 13.8 Å². The Hall–Kier alpha value is 0.320. The zero-order valence-corrected chi connectivity index (χ0v) is 10.8. The summed E-state index contributed by atoms with van der Waals surface area (Å²) in [6, 6.07) is 0. The number of alkyl halides is 2. The number of allylic oxidation sites excluding steroid dienone is 2. The van der Waals surface area contributed by atoms with Crippen molar-refractivity contribution < 1.29 is 0 Å². The van der Waals surface area contributed by atoms with Crippen LogP contribution in [0.4, 0.5) is 0 Å². The first-order valence-corrected chi connectivity index (χ1v) is 6.54. The van der Waals surface area contributed by atoms with Crippen molar-refractivity contribution in [1.29, 1.82) is 0 Å². The molecule has 2 atom stereocenters. The van der Waals surface area contributed by atoms with Crippen LogP contribution in [-0.2, 0) is 0 Å². The third-order valence-electron chi connectivity index (χ3n) is 2.18. The number of rotatable bonds is 8. The molecule has 0 amide bonds. The van der Waals surface area contributed by atoms with Crippen LogP contribution in [0, 0.1) is 0 Å². The van der Waals surface area contributed by atoms with E-state index in [1.54, 1.807) is 0 Å². The van der Waals surface area contributed by atoms with Crippen LogP contribution in [0.25, 0.3) is 0 Å². The minimum Gasteiger partial charge on any atom is -0.118 e. The van der Waals surface area contributed by atoms with Gasteiger partial charge in [0.05, 0.1) is 10.8 Å². The van der Waals surface area contributed by atoms with Crippen LogP contribution < -0.4 is 0 Å². The quantitative estimate of drug-likeness (QED) is 0.311. The predicted molar refractivity (Wildman–Crippen MR) is 67.5 cm³/mol.